The lowest BCUT2D eigenvalue weighted by Gasteiger charge is -2.06. The van der Waals surface area contributed by atoms with Crippen molar-refractivity contribution in [1.82, 2.24) is 9.97 Å². The SMILES string of the molecule is Cc1cccc(-c2cncnc2)c1N. The largest absolute Gasteiger partial charge is 0.398 e. The van der Waals surface area contributed by atoms with E-state index in [1.807, 2.05) is 25.1 Å². The highest BCUT2D eigenvalue weighted by Gasteiger charge is 2.03. The fraction of sp³-hybridized carbons (Fsp3) is 0.0909. The van der Waals surface area contributed by atoms with E-state index in [9.17, 15) is 0 Å². The first kappa shape index (κ1) is 8.69. The molecule has 70 valence electrons. The van der Waals surface area contributed by atoms with Crippen LogP contribution in [0.4, 0.5) is 5.69 Å². The molecule has 14 heavy (non-hydrogen) atoms. The van der Waals surface area contributed by atoms with Crippen molar-refractivity contribution in [3.63, 3.8) is 0 Å². The van der Waals surface area contributed by atoms with Crippen LogP contribution >= 0.6 is 0 Å². The van der Waals surface area contributed by atoms with Gasteiger partial charge in [0, 0.05) is 29.2 Å². The van der Waals surface area contributed by atoms with Gasteiger partial charge in [-0.05, 0) is 12.5 Å². The van der Waals surface area contributed by atoms with E-state index in [4.69, 9.17) is 5.73 Å². The Morgan fingerprint density at radius 3 is 2.57 bits per heavy atom. The highest BCUT2D eigenvalue weighted by molar-refractivity contribution is 5.77. The van der Waals surface area contributed by atoms with E-state index >= 15 is 0 Å². The smallest absolute Gasteiger partial charge is 0.115 e. The molecular weight excluding hydrogens is 174 g/mol. The number of hydrogen-bond acceptors (Lipinski definition) is 3. The van der Waals surface area contributed by atoms with Crippen molar-refractivity contribution in [2.24, 2.45) is 0 Å². The summed E-state index contributed by atoms with van der Waals surface area (Å²) in [6.45, 7) is 1.99. The number of aryl methyl sites for hydroxylation is 1. The Bertz CT molecular complexity index is 438. The molecule has 0 amide bonds. The average Bonchev–Trinajstić information content (AvgIpc) is 2.23. The molecule has 1 aromatic heterocycles. The Hall–Kier alpha value is -1.90. The summed E-state index contributed by atoms with van der Waals surface area (Å²) >= 11 is 0. The van der Waals surface area contributed by atoms with Gasteiger partial charge >= 0.3 is 0 Å². The van der Waals surface area contributed by atoms with Crippen molar-refractivity contribution < 1.29 is 0 Å². The molecule has 0 aliphatic carbocycles. The Morgan fingerprint density at radius 2 is 1.86 bits per heavy atom. The molecule has 2 aromatic rings. The van der Waals surface area contributed by atoms with Crippen molar-refractivity contribution in [2.45, 2.75) is 6.92 Å². The molecule has 0 unspecified atom stereocenters. The van der Waals surface area contributed by atoms with Crippen molar-refractivity contribution in [1.29, 1.82) is 0 Å². The molecule has 1 heterocycles. The van der Waals surface area contributed by atoms with Crippen LogP contribution in [-0.4, -0.2) is 9.97 Å². The molecule has 0 spiro atoms. The van der Waals surface area contributed by atoms with Gasteiger partial charge in [-0.15, -0.1) is 0 Å². The Morgan fingerprint density at radius 1 is 1.14 bits per heavy atom. The molecule has 2 N–H and O–H groups in total. The summed E-state index contributed by atoms with van der Waals surface area (Å²) in [4.78, 5) is 7.93. The standard InChI is InChI=1S/C11H11N3/c1-8-3-2-4-10(11(8)12)9-5-13-7-14-6-9/h2-7H,12H2,1H3. The molecule has 2 rings (SSSR count). The lowest BCUT2D eigenvalue weighted by molar-refractivity contribution is 1.17. The molecule has 3 nitrogen and oxygen atoms in total. The highest BCUT2D eigenvalue weighted by Crippen LogP contribution is 2.26. The number of aromatic nitrogens is 2. The number of anilines is 1. The van der Waals surface area contributed by atoms with E-state index in [-0.39, 0.29) is 0 Å². The number of nitrogens with zero attached hydrogens (tertiary/aromatic N) is 2. The quantitative estimate of drug-likeness (QED) is 0.691. The minimum atomic E-state index is 0.794. The molecule has 0 aliphatic rings. The van der Waals surface area contributed by atoms with Gasteiger partial charge in [-0.3, -0.25) is 0 Å². The van der Waals surface area contributed by atoms with Crippen molar-refractivity contribution >= 4 is 5.69 Å². The Kier molecular flexibility index (Phi) is 2.14. The summed E-state index contributed by atoms with van der Waals surface area (Å²) in [6, 6.07) is 5.94. The molecule has 0 saturated heterocycles. The monoisotopic (exact) mass is 185 g/mol. The maximum atomic E-state index is 5.96. The van der Waals surface area contributed by atoms with Gasteiger partial charge in [-0.1, -0.05) is 18.2 Å². The fourth-order valence-corrected chi connectivity index (χ4v) is 1.37. The van der Waals surface area contributed by atoms with Crippen molar-refractivity contribution in [2.75, 3.05) is 5.73 Å². The predicted octanol–water partition coefficient (Wildman–Crippen LogP) is 2.03. The molecule has 0 aliphatic heterocycles. The fourth-order valence-electron chi connectivity index (χ4n) is 1.37. The first-order valence-corrected chi connectivity index (χ1v) is 4.39. The number of nitrogen functional groups attached to an aromatic ring is 1. The summed E-state index contributed by atoms with van der Waals surface area (Å²) < 4.78 is 0. The molecule has 0 saturated carbocycles. The van der Waals surface area contributed by atoms with Gasteiger partial charge in [-0.25, -0.2) is 9.97 Å². The third-order valence-corrected chi connectivity index (χ3v) is 2.20. The van der Waals surface area contributed by atoms with E-state index in [2.05, 4.69) is 9.97 Å². The predicted molar refractivity (Wildman–Crippen MR) is 56.6 cm³/mol. The third kappa shape index (κ3) is 1.44. The second-order valence-electron chi connectivity index (χ2n) is 3.16. The number of para-hydroxylation sites is 1. The summed E-state index contributed by atoms with van der Waals surface area (Å²) in [5, 5.41) is 0. The van der Waals surface area contributed by atoms with Gasteiger partial charge in [0.05, 0.1) is 0 Å². The van der Waals surface area contributed by atoms with Gasteiger partial charge in [0.15, 0.2) is 0 Å². The third-order valence-electron chi connectivity index (χ3n) is 2.20. The topological polar surface area (TPSA) is 51.8 Å². The zero-order valence-corrected chi connectivity index (χ0v) is 7.94. The normalized spacial score (nSPS) is 10.1. The summed E-state index contributed by atoms with van der Waals surface area (Å²) in [5.41, 5.74) is 9.77. The van der Waals surface area contributed by atoms with Crippen molar-refractivity contribution in [3.8, 4) is 11.1 Å². The van der Waals surface area contributed by atoms with Crippen LogP contribution in [0.15, 0.2) is 36.9 Å². The first-order valence-electron chi connectivity index (χ1n) is 4.39. The minimum absolute atomic E-state index is 0.794. The maximum absolute atomic E-state index is 5.96. The maximum Gasteiger partial charge on any atom is 0.115 e. The molecule has 0 bridgehead atoms. The number of nitrogens with two attached hydrogens (primary N) is 1. The summed E-state index contributed by atoms with van der Waals surface area (Å²) in [5.74, 6) is 0. The van der Waals surface area contributed by atoms with Crippen LogP contribution in [0.3, 0.4) is 0 Å². The summed E-state index contributed by atoms with van der Waals surface area (Å²) in [6.07, 6.45) is 5.03. The van der Waals surface area contributed by atoms with E-state index in [1.165, 1.54) is 6.33 Å². The molecule has 0 atom stereocenters. The lowest BCUT2D eigenvalue weighted by atomic mass is 10.0. The van der Waals surface area contributed by atoms with Crippen LogP contribution in [-0.2, 0) is 0 Å². The van der Waals surface area contributed by atoms with Crippen LogP contribution in [0.1, 0.15) is 5.56 Å². The second-order valence-corrected chi connectivity index (χ2v) is 3.16. The molecular formula is C11H11N3. The van der Waals surface area contributed by atoms with E-state index in [0.717, 1.165) is 22.4 Å². The number of rotatable bonds is 1. The van der Waals surface area contributed by atoms with Gasteiger partial charge in [0.2, 0.25) is 0 Å². The van der Waals surface area contributed by atoms with E-state index in [1.54, 1.807) is 12.4 Å². The highest BCUT2D eigenvalue weighted by atomic mass is 14.8. The Balaban J connectivity index is 2.58. The molecule has 3 heteroatoms. The Labute approximate surface area is 82.6 Å². The average molecular weight is 185 g/mol. The first-order chi connectivity index (χ1) is 6.79. The minimum Gasteiger partial charge on any atom is -0.398 e. The molecule has 0 fully saturated rings. The van der Waals surface area contributed by atoms with Crippen molar-refractivity contribution in [3.05, 3.63) is 42.5 Å². The van der Waals surface area contributed by atoms with Crippen LogP contribution in [0.5, 0.6) is 0 Å². The van der Waals surface area contributed by atoms with Crippen LogP contribution in [0.2, 0.25) is 0 Å². The second kappa shape index (κ2) is 3.46. The molecule has 1 aromatic carbocycles. The number of hydrogen-bond donors (Lipinski definition) is 1. The summed E-state index contributed by atoms with van der Waals surface area (Å²) in [7, 11) is 0. The van der Waals surface area contributed by atoms with Gasteiger partial charge in [0.25, 0.3) is 0 Å². The number of benzene rings is 1. The lowest BCUT2D eigenvalue weighted by Crippen LogP contribution is -1.93. The van der Waals surface area contributed by atoms with E-state index < -0.39 is 0 Å². The van der Waals surface area contributed by atoms with Gasteiger partial charge < -0.3 is 5.73 Å². The zero-order valence-electron chi connectivity index (χ0n) is 7.94. The van der Waals surface area contributed by atoms with E-state index in [0.29, 0.717) is 0 Å². The van der Waals surface area contributed by atoms with Crippen LogP contribution in [0.25, 0.3) is 11.1 Å². The van der Waals surface area contributed by atoms with Crippen LogP contribution < -0.4 is 5.73 Å². The van der Waals surface area contributed by atoms with Crippen LogP contribution in [0, 0.1) is 6.92 Å². The van der Waals surface area contributed by atoms with Gasteiger partial charge in [-0.2, -0.15) is 0 Å². The van der Waals surface area contributed by atoms with Gasteiger partial charge in [0.1, 0.15) is 6.33 Å². The zero-order chi connectivity index (χ0) is 9.97. The molecule has 0 radical (unpaired) electrons.